The van der Waals surface area contributed by atoms with Crippen LogP contribution in [0.15, 0.2) is 24.3 Å². The number of benzene rings is 1. The zero-order chi connectivity index (χ0) is 12.8. The molecule has 1 atom stereocenters. The maximum atomic E-state index is 11.2. The summed E-state index contributed by atoms with van der Waals surface area (Å²) in [5.74, 6) is -1.48. The Morgan fingerprint density at radius 2 is 2.06 bits per heavy atom. The van der Waals surface area contributed by atoms with Gasteiger partial charge in [-0.1, -0.05) is 29.8 Å². The molecule has 17 heavy (non-hydrogen) atoms. The SMILES string of the molecule is CC(C)OCCC(C(=O)O)c1ccccc1Cl. The number of carboxylic acid groups (broad SMARTS) is 1. The topological polar surface area (TPSA) is 46.5 Å². The second kappa shape index (κ2) is 6.62. The summed E-state index contributed by atoms with van der Waals surface area (Å²) < 4.78 is 5.38. The highest BCUT2D eigenvalue weighted by Crippen LogP contribution is 2.27. The van der Waals surface area contributed by atoms with Gasteiger partial charge in [0.2, 0.25) is 0 Å². The van der Waals surface area contributed by atoms with Crippen molar-refractivity contribution in [3.63, 3.8) is 0 Å². The van der Waals surface area contributed by atoms with Crippen LogP contribution in [0.4, 0.5) is 0 Å². The fraction of sp³-hybridized carbons (Fsp3) is 0.462. The van der Waals surface area contributed by atoms with E-state index in [1.165, 1.54) is 0 Å². The third-order valence-electron chi connectivity index (χ3n) is 2.44. The van der Waals surface area contributed by atoms with Gasteiger partial charge in [0, 0.05) is 11.6 Å². The average Bonchev–Trinajstić information content (AvgIpc) is 2.25. The van der Waals surface area contributed by atoms with Crippen molar-refractivity contribution in [2.24, 2.45) is 0 Å². The van der Waals surface area contributed by atoms with E-state index in [4.69, 9.17) is 16.3 Å². The summed E-state index contributed by atoms with van der Waals surface area (Å²) in [7, 11) is 0. The molecule has 0 aliphatic rings. The van der Waals surface area contributed by atoms with Gasteiger partial charge in [-0.2, -0.15) is 0 Å². The van der Waals surface area contributed by atoms with Gasteiger partial charge < -0.3 is 9.84 Å². The molecule has 0 saturated heterocycles. The quantitative estimate of drug-likeness (QED) is 0.849. The van der Waals surface area contributed by atoms with E-state index >= 15 is 0 Å². The average molecular weight is 257 g/mol. The zero-order valence-electron chi connectivity index (χ0n) is 10.0. The van der Waals surface area contributed by atoms with Crippen molar-refractivity contribution in [1.29, 1.82) is 0 Å². The summed E-state index contributed by atoms with van der Waals surface area (Å²) in [6, 6.07) is 7.03. The molecule has 0 saturated carbocycles. The number of halogens is 1. The minimum atomic E-state index is -0.870. The minimum Gasteiger partial charge on any atom is -0.481 e. The molecular formula is C13H17ClO3. The number of ether oxygens (including phenoxy) is 1. The van der Waals surface area contributed by atoms with Crippen molar-refractivity contribution >= 4 is 17.6 Å². The summed E-state index contributed by atoms with van der Waals surface area (Å²) in [6.45, 7) is 4.26. The summed E-state index contributed by atoms with van der Waals surface area (Å²) >= 11 is 6.00. The Balaban J connectivity index is 2.73. The Kier molecular flexibility index (Phi) is 5.45. The van der Waals surface area contributed by atoms with Crippen molar-refractivity contribution in [2.75, 3.05) is 6.61 Å². The van der Waals surface area contributed by atoms with E-state index in [1.807, 2.05) is 13.8 Å². The molecule has 1 rings (SSSR count). The van der Waals surface area contributed by atoms with E-state index in [1.54, 1.807) is 24.3 Å². The van der Waals surface area contributed by atoms with E-state index in [0.29, 0.717) is 23.6 Å². The molecule has 1 aromatic rings. The molecule has 1 N–H and O–H groups in total. The van der Waals surface area contributed by atoms with E-state index in [0.717, 1.165) is 0 Å². The molecule has 3 nitrogen and oxygen atoms in total. The first-order chi connectivity index (χ1) is 8.02. The van der Waals surface area contributed by atoms with E-state index in [-0.39, 0.29) is 6.10 Å². The van der Waals surface area contributed by atoms with Gasteiger partial charge in [0.1, 0.15) is 0 Å². The summed E-state index contributed by atoms with van der Waals surface area (Å²) in [4.78, 5) is 11.2. The minimum absolute atomic E-state index is 0.107. The highest BCUT2D eigenvalue weighted by atomic mass is 35.5. The number of hydrogen-bond acceptors (Lipinski definition) is 2. The number of carboxylic acids is 1. The zero-order valence-corrected chi connectivity index (χ0v) is 10.8. The molecule has 0 fully saturated rings. The monoisotopic (exact) mass is 256 g/mol. The van der Waals surface area contributed by atoms with Crippen LogP contribution in [0.1, 0.15) is 31.7 Å². The summed E-state index contributed by atoms with van der Waals surface area (Å²) in [5, 5.41) is 9.69. The largest absolute Gasteiger partial charge is 0.481 e. The molecule has 0 aromatic heterocycles. The van der Waals surface area contributed by atoms with Gasteiger partial charge in [0.05, 0.1) is 12.0 Å². The molecule has 0 radical (unpaired) electrons. The smallest absolute Gasteiger partial charge is 0.311 e. The molecule has 1 unspecified atom stereocenters. The second-order valence-electron chi connectivity index (χ2n) is 4.12. The van der Waals surface area contributed by atoms with Crippen LogP contribution in [-0.4, -0.2) is 23.8 Å². The van der Waals surface area contributed by atoms with Crippen LogP contribution in [0.25, 0.3) is 0 Å². The van der Waals surface area contributed by atoms with Gasteiger partial charge in [0.15, 0.2) is 0 Å². The lowest BCUT2D eigenvalue weighted by atomic mass is 9.96. The van der Waals surface area contributed by atoms with Gasteiger partial charge in [0.25, 0.3) is 0 Å². The first-order valence-electron chi connectivity index (χ1n) is 5.61. The number of aliphatic carboxylic acids is 1. The van der Waals surface area contributed by atoms with Crippen LogP contribution in [-0.2, 0) is 9.53 Å². The van der Waals surface area contributed by atoms with Crippen LogP contribution >= 0.6 is 11.6 Å². The first kappa shape index (κ1) is 14.0. The van der Waals surface area contributed by atoms with Crippen molar-refractivity contribution < 1.29 is 14.6 Å². The van der Waals surface area contributed by atoms with E-state index in [9.17, 15) is 9.90 Å². The van der Waals surface area contributed by atoms with Crippen LogP contribution in [0.5, 0.6) is 0 Å². The lowest BCUT2D eigenvalue weighted by Gasteiger charge is -2.15. The van der Waals surface area contributed by atoms with Crippen LogP contribution in [0, 0.1) is 0 Å². The van der Waals surface area contributed by atoms with Gasteiger partial charge in [-0.3, -0.25) is 4.79 Å². The second-order valence-corrected chi connectivity index (χ2v) is 4.53. The van der Waals surface area contributed by atoms with Gasteiger partial charge in [-0.25, -0.2) is 0 Å². The standard InChI is InChI=1S/C13H17ClO3/c1-9(2)17-8-7-11(13(15)16)10-5-3-4-6-12(10)14/h3-6,9,11H,7-8H2,1-2H3,(H,15,16). The van der Waals surface area contributed by atoms with Gasteiger partial charge >= 0.3 is 5.97 Å². The molecule has 0 heterocycles. The fourth-order valence-electron chi connectivity index (χ4n) is 1.59. The van der Waals surface area contributed by atoms with Crippen LogP contribution in [0.2, 0.25) is 5.02 Å². The summed E-state index contributed by atoms with van der Waals surface area (Å²) in [5.41, 5.74) is 0.647. The Morgan fingerprint density at radius 1 is 1.41 bits per heavy atom. The van der Waals surface area contributed by atoms with Crippen LogP contribution < -0.4 is 0 Å². The molecule has 0 aliphatic carbocycles. The first-order valence-corrected chi connectivity index (χ1v) is 5.99. The van der Waals surface area contributed by atoms with Crippen LogP contribution in [0.3, 0.4) is 0 Å². The maximum absolute atomic E-state index is 11.2. The van der Waals surface area contributed by atoms with E-state index < -0.39 is 11.9 Å². The molecule has 0 amide bonds. The Bertz CT molecular complexity index is 377. The predicted octanol–water partition coefficient (Wildman–Crippen LogP) is 3.32. The summed E-state index contributed by atoms with van der Waals surface area (Å²) in [6.07, 6.45) is 0.535. The highest BCUT2D eigenvalue weighted by molar-refractivity contribution is 6.31. The molecule has 94 valence electrons. The number of rotatable bonds is 6. The van der Waals surface area contributed by atoms with Crippen molar-refractivity contribution in [1.82, 2.24) is 0 Å². The lowest BCUT2D eigenvalue weighted by molar-refractivity contribution is -0.139. The Morgan fingerprint density at radius 3 is 2.59 bits per heavy atom. The fourth-order valence-corrected chi connectivity index (χ4v) is 1.86. The maximum Gasteiger partial charge on any atom is 0.311 e. The molecule has 1 aromatic carbocycles. The normalized spacial score (nSPS) is 12.7. The molecule has 0 bridgehead atoms. The molecule has 0 spiro atoms. The van der Waals surface area contributed by atoms with Crippen molar-refractivity contribution in [3.05, 3.63) is 34.9 Å². The van der Waals surface area contributed by atoms with Gasteiger partial charge in [-0.15, -0.1) is 0 Å². The number of hydrogen-bond donors (Lipinski definition) is 1. The lowest BCUT2D eigenvalue weighted by Crippen LogP contribution is -2.16. The van der Waals surface area contributed by atoms with Gasteiger partial charge in [-0.05, 0) is 31.9 Å². The van der Waals surface area contributed by atoms with E-state index in [2.05, 4.69) is 0 Å². The predicted molar refractivity (Wildman–Crippen MR) is 67.5 cm³/mol. The number of carbonyl (C=O) groups is 1. The molecule has 0 aliphatic heterocycles. The third kappa shape index (κ3) is 4.36. The molecular weight excluding hydrogens is 240 g/mol. The molecule has 4 heteroatoms. The van der Waals surface area contributed by atoms with Crippen molar-refractivity contribution in [3.8, 4) is 0 Å². The Labute approximate surface area is 106 Å². The third-order valence-corrected chi connectivity index (χ3v) is 2.78. The van der Waals surface area contributed by atoms with Crippen molar-refractivity contribution in [2.45, 2.75) is 32.3 Å². The Hall–Kier alpha value is -1.06. The highest BCUT2D eigenvalue weighted by Gasteiger charge is 2.21.